The van der Waals surface area contributed by atoms with Crippen LogP contribution in [0.5, 0.6) is 0 Å². The van der Waals surface area contributed by atoms with Gasteiger partial charge in [-0.25, -0.2) is 25.8 Å². The molecule has 2 heterocycles. The van der Waals surface area contributed by atoms with Gasteiger partial charge in [0.1, 0.15) is 16.7 Å². The number of nitrogens with one attached hydrogen (secondary N) is 1. The Morgan fingerprint density at radius 3 is 2.44 bits per heavy atom. The molecular weight excluding hydrogens is 252 g/mol. The van der Waals surface area contributed by atoms with Gasteiger partial charge in [0.25, 0.3) is 0 Å². The summed E-state index contributed by atoms with van der Waals surface area (Å²) in [7, 11) is 0. The molecule has 0 aliphatic rings. The molecule has 0 atom stereocenters. The minimum absolute atomic E-state index is 0.314. The molecule has 2 aromatic heterocycles. The molecule has 0 radical (unpaired) electrons. The van der Waals surface area contributed by atoms with Gasteiger partial charge in [-0.1, -0.05) is 0 Å². The van der Waals surface area contributed by atoms with Crippen LogP contribution < -0.4 is 22.7 Å². The van der Waals surface area contributed by atoms with Crippen LogP contribution in [0.2, 0.25) is 0 Å². The van der Waals surface area contributed by atoms with Gasteiger partial charge in [0, 0.05) is 17.8 Å². The molecule has 0 saturated carbocycles. The molecule has 0 bridgehead atoms. The molecule has 8 nitrogen and oxygen atoms in total. The quantitative estimate of drug-likeness (QED) is 0.264. The summed E-state index contributed by atoms with van der Waals surface area (Å²) in [6.45, 7) is 1.87. The van der Waals surface area contributed by atoms with E-state index in [0.29, 0.717) is 27.8 Å². The van der Waals surface area contributed by atoms with Crippen molar-refractivity contribution < 1.29 is 0 Å². The SMILES string of the molecule is Cc1cnc(NN)nc1Sc1nc(N)cc(N)n1. The Hall–Kier alpha value is -2.13. The summed E-state index contributed by atoms with van der Waals surface area (Å²) in [5, 5.41) is 1.11. The zero-order valence-corrected chi connectivity index (χ0v) is 10.4. The Kier molecular flexibility index (Phi) is 3.44. The van der Waals surface area contributed by atoms with Gasteiger partial charge in [-0.15, -0.1) is 0 Å². The molecule has 0 spiro atoms. The smallest absolute Gasteiger partial charge is 0.238 e. The lowest BCUT2D eigenvalue weighted by Crippen LogP contribution is -2.11. The summed E-state index contributed by atoms with van der Waals surface area (Å²) >= 11 is 1.24. The number of aromatic nitrogens is 4. The second-order valence-electron chi connectivity index (χ2n) is 3.43. The Bertz CT molecular complexity index is 552. The van der Waals surface area contributed by atoms with Crippen molar-refractivity contribution in [3.63, 3.8) is 0 Å². The zero-order chi connectivity index (χ0) is 13.1. The van der Waals surface area contributed by atoms with Crippen LogP contribution in [0.25, 0.3) is 0 Å². The van der Waals surface area contributed by atoms with E-state index in [4.69, 9.17) is 17.3 Å². The van der Waals surface area contributed by atoms with Crippen LogP contribution in [0.3, 0.4) is 0 Å². The highest BCUT2D eigenvalue weighted by Crippen LogP contribution is 2.27. The molecule has 0 fully saturated rings. The van der Waals surface area contributed by atoms with Crippen LogP contribution in [0.15, 0.2) is 22.4 Å². The second kappa shape index (κ2) is 5.02. The third-order valence-electron chi connectivity index (χ3n) is 1.99. The average molecular weight is 264 g/mol. The summed E-state index contributed by atoms with van der Waals surface area (Å²) in [5.41, 5.74) is 14.5. The monoisotopic (exact) mass is 264 g/mol. The lowest BCUT2D eigenvalue weighted by molar-refractivity contribution is 0.955. The van der Waals surface area contributed by atoms with E-state index in [2.05, 4.69) is 25.4 Å². The predicted molar refractivity (Wildman–Crippen MR) is 69.6 cm³/mol. The Morgan fingerprint density at radius 1 is 1.17 bits per heavy atom. The minimum Gasteiger partial charge on any atom is -0.383 e. The molecule has 0 saturated heterocycles. The average Bonchev–Trinajstić information content (AvgIpc) is 2.30. The minimum atomic E-state index is 0.314. The highest BCUT2D eigenvalue weighted by molar-refractivity contribution is 7.99. The molecule has 2 aromatic rings. The first kappa shape index (κ1) is 12.3. The van der Waals surface area contributed by atoms with Crippen LogP contribution in [0.4, 0.5) is 17.6 Å². The molecule has 18 heavy (non-hydrogen) atoms. The topological polar surface area (TPSA) is 142 Å². The molecule has 2 rings (SSSR count). The summed E-state index contributed by atoms with van der Waals surface area (Å²) in [4.78, 5) is 16.3. The number of hydrazine groups is 1. The van der Waals surface area contributed by atoms with Crippen LogP contribution in [-0.2, 0) is 0 Å². The van der Waals surface area contributed by atoms with E-state index in [1.54, 1.807) is 6.20 Å². The first-order valence-corrected chi connectivity index (χ1v) is 5.78. The number of aryl methyl sites for hydroxylation is 1. The third-order valence-corrected chi connectivity index (χ3v) is 2.96. The lowest BCUT2D eigenvalue weighted by Gasteiger charge is -2.06. The molecule has 9 heteroatoms. The highest BCUT2D eigenvalue weighted by Gasteiger charge is 2.09. The van der Waals surface area contributed by atoms with Crippen LogP contribution in [0.1, 0.15) is 5.56 Å². The van der Waals surface area contributed by atoms with Crippen molar-refractivity contribution in [2.75, 3.05) is 16.9 Å². The Balaban J connectivity index is 2.33. The predicted octanol–water partition coefficient (Wildman–Crippen LogP) is 0.176. The van der Waals surface area contributed by atoms with Crippen molar-refractivity contribution in [2.45, 2.75) is 17.1 Å². The van der Waals surface area contributed by atoms with E-state index in [-0.39, 0.29) is 0 Å². The molecular formula is C9H12N8S. The van der Waals surface area contributed by atoms with Crippen LogP contribution in [0, 0.1) is 6.92 Å². The molecule has 0 aromatic carbocycles. The summed E-state index contributed by atoms with van der Waals surface area (Å²) in [6.07, 6.45) is 1.65. The van der Waals surface area contributed by atoms with E-state index in [0.717, 1.165) is 5.56 Å². The Morgan fingerprint density at radius 2 is 1.83 bits per heavy atom. The number of hydrogen-bond donors (Lipinski definition) is 4. The summed E-state index contributed by atoms with van der Waals surface area (Å²) in [6, 6.07) is 1.49. The van der Waals surface area contributed by atoms with Gasteiger partial charge in [-0.3, -0.25) is 5.43 Å². The fourth-order valence-electron chi connectivity index (χ4n) is 1.19. The van der Waals surface area contributed by atoms with Crippen molar-refractivity contribution in [3.8, 4) is 0 Å². The largest absolute Gasteiger partial charge is 0.383 e. The van der Waals surface area contributed by atoms with Crippen molar-refractivity contribution in [1.29, 1.82) is 0 Å². The maximum Gasteiger partial charge on any atom is 0.238 e. The molecule has 7 N–H and O–H groups in total. The van der Waals surface area contributed by atoms with Gasteiger partial charge in [0.15, 0.2) is 5.16 Å². The van der Waals surface area contributed by atoms with Gasteiger partial charge in [0.2, 0.25) is 5.95 Å². The highest BCUT2D eigenvalue weighted by atomic mass is 32.2. The molecule has 0 amide bonds. The first-order chi connectivity index (χ1) is 8.58. The number of nitrogen functional groups attached to an aromatic ring is 3. The number of nitrogens with two attached hydrogens (primary N) is 3. The van der Waals surface area contributed by atoms with Crippen LogP contribution >= 0.6 is 11.8 Å². The van der Waals surface area contributed by atoms with E-state index in [9.17, 15) is 0 Å². The van der Waals surface area contributed by atoms with E-state index >= 15 is 0 Å². The van der Waals surface area contributed by atoms with Crippen molar-refractivity contribution in [1.82, 2.24) is 19.9 Å². The Labute approximate surface area is 107 Å². The molecule has 0 aliphatic heterocycles. The van der Waals surface area contributed by atoms with Gasteiger partial charge in [0.05, 0.1) is 0 Å². The number of hydrogen-bond acceptors (Lipinski definition) is 9. The van der Waals surface area contributed by atoms with Gasteiger partial charge in [-0.2, -0.15) is 0 Å². The first-order valence-electron chi connectivity index (χ1n) is 4.96. The standard InChI is InChI=1S/C9H12N8S/c1-4-3-13-8(17-12)16-7(4)18-9-14-5(10)2-6(11)15-9/h2-3H,12H2,1H3,(H,13,16,17)(H4,10,11,14,15). The zero-order valence-electron chi connectivity index (χ0n) is 9.58. The van der Waals surface area contributed by atoms with E-state index in [1.807, 2.05) is 6.92 Å². The fraction of sp³-hybridized carbons (Fsp3) is 0.111. The van der Waals surface area contributed by atoms with Gasteiger partial charge in [-0.05, 0) is 18.7 Å². The summed E-state index contributed by atoms with van der Waals surface area (Å²) in [5.74, 6) is 6.20. The van der Waals surface area contributed by atoms with Crippen LogP contribution in [-0.4, -0.2) is 19.9 Å². The molecule has 0 aliphatic carbocycles. The normalized spacial score (nSPS) is 10.3. The van der Waals surface area contributed by atoms with E-state index in [1.165, 1.54) is 17.8 Å². The van der Waals surface area contributed by atoms with Gasteiger partial charge >= 0.3 is 0 Å². The van der Waals surface area contributed by atoms with Crippen molar-refractivity contribution in [2.24, 2.45) is 5.84 Å². The lowest BCUT2D eigenvalue weighted by atomic mass is 10.4. The second-order valence-corrected chi connectivity index (χ2v) is 4.38. The number of anilines is 3. The summed E-state index contributed by atoms with van der Waals surface area (Å²) < 4.78 is 0. The number of rotatable bonds is 3. The van der Waals surface area contributed by atoms with Crippen molar-refractivity contribution in [3.05, 3.63) is 17.8 Å². The van der Waals surface area contributed by atoms with E-state index < -0.39 is 0 Å². The number of nitrogens with zero attached hydrogens (tertiary/aromatic N) is 4. The van der Waals surface area contributed by atoms with Gasteiger partial charge < -0.3 is 11.5 Å². The molecule has 0 unspecified atom stereocenters. The maximum atomic E-state index is 5.60. The third kappa shape index (κ3) is 2.76. The maximum absolute atomic E-state index is 5.60. The molecule has 94 valence electrons. The van der Waals surface area contributed by atoms with Crippen molar-refractivity contribution >= 4 is 29.3 Å². The fourth-order valence-corrected chi connectivity index (χ4v) is 2.01.